The fraction of sp³-hybridized carbons (Fsp3) is 0.400. The lowest BCUT2D eigenvalue weighted by Crippen LogP contribution is -2.36. The molecule has 1 aliphatic heterocycles. The number of rotatable bonds is 7. The van der Waals surface area contributed by atoms with Crippen LogP contribution < -0.4 is 15.0 Å². The van der Waals surface area contributed by atoms with Crippen LogP contribution in [0.25, 0.3) is 0 Å². The molecule has 2 aromatic carbocycles. The van der Waals surface area contributed by atoms with E-state index in [1.807, 2.05) is 88.3 Å². The SMILES string of the molecule is COc1ccc(C2CC(=O)C3=C(C2)NC(C)=C(C(=O)OCC(C)C)C3c2ccc(N(C)C)cc2)cc1. The second kappa shape index (κ2) is 10.6. The van der Waals surface area contributed by atoms with E-state index in [-0.39, 0.29) is 23.6 Å². The van der Waals surface area contributed by atoms with Crippen LogP contribution in [0.15, 0.2) is 71.1 Å². The Morgan fingerprint density at radius 2 is 1.67 bits per heavy atom. The number of dihydropyridines is 1. The minimum Gasteiger partial charge on any atom is -0.497 e. The van der Waals surface area contributed by atoms with E-state index >= 15 is 0 Å². The molecule has 2 aliphatic rings. The summed E-state index contributed by atoms with van der Waals surface area (Å²) in [7, 11) is 5.62. The number of nitrogens with zero attached hydrogens (tertiary/aromatic N) is 1. The van der Waals surface area contributed by atoms with E-state index in [0.29, 0.717) is 30.6 Å². The minimum absolute atomic E-state index is 0.0629. The lowest BCUT2D eigenvalue weighted by molar-refractivity contribution is -0.140. The highest BCUT2D eigenvalue weighted by molar-refractivity contribution is 6.04. The summed E-state index contributed by atoms with van der Waals surface area (Å²) in [6.07, 6.45) is 1.10. The summed E-state index contributed by atoms with van der Waals surface area (Å²) in [6, 6.07) is 16.0. The first kappa shape index (κ1) is 25.5. The topological polar surface area (TPSA) is 67.9 Å². The minimum atomic E-state index is -0.457. The first-order chi connectivity index (χ1) is 17.2. The van der Waals surface area contributed by atoms with Crippen molar-refractivity contribution >= 4 is 17.4 Å². The summed E-state index contributed by atoms with van der Waals surface area (Å²) in [6.45, 7) is 6.26. The molecule has 0 saturated carbocycles. The van der Waals surface area contributed by atoms with Gasteiger partial charge in [0.15, 0.2) is 5.78 Å². The van der Waals surface area contributed by atoms with Gasteiger partial charge in [-0.25, -0.2) is 4.79 Å². The van der Waals surface area contributed by atoms with Crippen molar-refractivity contribution in [2.24, 2.45) is 5.92 Å². The molecule has 0 aromatic heterocycles. The van der Waals surface area contributed by atoms with Gasteiger partial charge >= 0.3 is 5.97 Å². The molecule has 1 heterocycles. The van der Waals surface area contributed by atoms with Crippen molar-refractivity contribution in [2.75, 3.05) is 32.7 Å². The first-order valence-corrected chi connectivity index (χ1v) is 12.5. The van der Waals surface area contributed by atoms with Crippen LogP contribution >= 0.6 is 0 Å². The van der Waals surface area contributed by atoms with Gasteiger partial charge in [0.25, 0.3) is 0 Å². The predicted molar refractivity (Wildman–Crippen MR) is 142 cm³/mol. The lowest BCUT2D eigenvalue weighted by atomic mass is 9.71. The van der Waals surface area contributed by atoms with Crippen molar-refractivity contribution in [2.45, 2.75) is 45.4 Å². The number of ketones is 1. The van der Waals surface area contributed by atoms with E-state index in [1.165, 1.54) is 0 Å². The molecule has 0 radical (unpaired) electrons. The number of benzene rings is 2. The zero-order chi connectivity index (χ0) is 26.0. The van der Waals surface area contributed by atoms with Crippen molar-refractivity contribution in [3.8, 4) is 5.75 Å². The Hall–Kier alpha value is -3.54. The zero-order valence-corrected chi connectivity index (χ0v) is 22.1. The largest absolute Gasteiger partial charge is 0.497 e. The molecular formula is C30H36N2O4. The Balaban J connectivity index is 1.74. The molecule has 0 fully saturated rings. The fourth-order valence-corrected chi connectivity index (χ4v) is 5.04. The maximum absolute atomic E-state index is 13.7. The number of carbonyl (C=O) groups is 2. The standard InChI is InChI=1S/C30H36N2O4/c1-18(2)17-36-30(34)27-19(3)31-25-15-22(20-9-13-24(35-6)14-10-20)16-26(33)29(25)28(27)21-7-11-23(12-8-21)32(4)5/h7-14,18,22,28,31H,15-17H2,1-6H3. The number of nitrogens with one attached hydrogen (secondary N) is 1. The molecule has 0 amide bonds. The van der Waals surface area contributed by atoms with E-state index in [4.69, 9.17) is 9.47 Å². The third kappa shape index (κ3) is 5.18. The molecular weight excluding hydrogens is 452 g/mol. The molecule has 4 rings (SSSR count). The van der Waals surface area contributed by atoms with Crippen LogP contribution in [0.4, 0.5) is 5.69 Å². The van der Waals surface area contributed by atoms with Crippen molar-refractivity contribution in [3.05, 3.63) is 82.2 Å². The number of Topliss-reactive ketones (excluding diaryl/α,β-unsaturated/α-hetero) is 1. The van der Waals surface area contributed by atoms with Crippen LogP contribution in [0, 0.1) is 5.92 Å². The third-order valence-electron chi connectivity index (χ3n) is 6.93. The van der Waals surface area contributed by atoms with Gasteiger partial charge in [-0.1, -0.05) is 38.1 Å². The molecule has 1 aliphatic carbocycles. The Morgan fingerprint density at radius 3 is 2.25 bits per heavy atom. The number of ether oxygens (including phenoxy) is 2. The van der Waals surface area contributed by atoms with Crippen molar-refractivity contribution in [1.82, 2.24) is 5.32 Å². The average molecular weight is 489 g/mol. The monoisotopic (exact) mass is 488 g/mol. The molecule has 0 saturated heterocycles. The van der Waals surface area contributed by atoms with E-state index in [9.17, 15) is 9.59 Å². The highest BCUT2D eigenvalue weighted by Crippen LogP contribution is 2.46. The summed E-state index contributed by atoms with van der Waals surface area (Å²) in [5, 5.41) is 3.42. The number of anilines is 1. The van der Waals surface area contributed by atoms with E-state index in [1.54, 1.807) is 7.11 Å². The van der Waals surface area contributed by atoms with Crippen LogP contribution in [0.1, 0.15) is 56.6 Å². The summed E-state index contributed by atoms with van der Waals surface area (Å²) in [5.74, 6) is 0.316. The van der Waals surface area contributed by atoms with Crippen molar-refractivity contribution in [3.63, 3.8) is 0 Å². The van der Waals surface area contributed by atoms with E-state index < -0.39 is 5.92 Å². The average Bonchev–Trinajstić information content (AvgIpc) is 2.86. The summed E-state index contributed by atoms with van der Waals surface area (Å²) >= 11 is 0. The molecule has 6 heteroatoms. The molecule has 2 unspecified atom stereocenters. The molecule has 2 atom stereocenters. The highest BCUT2D eigenvalue weighted by atomic mass is 16.5. The van der Waals surface area contributed by atoms with Gasteiger partial charge in [0.05, 0.1) is 19.3 Å². The summed E-state index contributed by atoms with van der Waals surface area (Å²) in [4.78, 5) is 29.1. The van der Waals surface area contributed by atoms with Crippen LogP contribution in [0.2, 0.25) is 0 Å². The molecule has 190 valence electrons. The van der Waals surface area contributed by atoms with E-state index in [0.717, 1.165) is 34.0 Å². The van der Waals surface area contributed by atoms with Gasteiger partial charge in [-0.3, -0.25) is 4.79 Å². The van der Waals surface area contributed by atoms with E-state index in [2.05, 4.69) is 5.32 Å². The maximum atomic E-state index is 13.7. The van der Waals surface area contributed by atoms with Gasteiger partial charge in [0.2, 0.25) is 0 Å². The van der Waals surface area contributed by atoms with Crippen molar-refractivity contribution < 1.29 is 19.1 Å². The summed E-state index contributed by atoms with van der Waals surface area (Å²) in [5.41, 5.74) is 5.91. The quantitative estimate of drug-likeness (QED) is 0.532. The van der Waals surface area contributed by atoms with Crippen molar-refractivity contribution in [1.29, 1.82) is 0 Å². The molecule has 36 heavy (non-hydrogen) atoms. The highest BCUT2D eigenvalue weighted by Gasteiger charge is 2.41. The smallest absolute Gasteiger partial charge is 0.336 e. The van der Waals surface area contributed by atoms with Crippen LogP contribution in [0.5, 0.6) is 5.75 Å². The number of hydrogen-bond donors (Lipinski definition) is 1. The normalized spacial score (nSPS) is 19.7. The summed E-state index contributed by atoms with van der Waals surface area (Å²) < 4.78 is 11.0. The third-order valence-corrected chi connectivity index (χ3v) is 6.93. The molecule has 1 N–H and O–H groups in total. The number of allylic oxidation sites excluding steroid dienone is 3. The molecule has 0 spiro atoms. The lowest BCUT2D eigenvalue weighted by Gasteiger charge is -2.37. The van der Waals surface area contributed by atoms with Gasteiger partial charge in [-0.05, 0) is 60.6 Å². The molecule has 6 nitrogen and oxygen atoms in total. The zero-order valence-electron chi connectivity index (χ0n) is 22.1. The second-order valence-corrected chi connectivity index (χ2v) is 10.3. The van der Waals surface area contributed by atoms with Gasteiger partial charge < -0.3 is 19.7 Å². The van der Waals surface area contributed by atoms with Crippen LogP contribution in [0.3, 0.4) is 0 Å². The van der Waals surface area contributed by atoms with Gasteiger partial charge in [-0.15, -0.1) is 0 Å². The Kier molecular flexibility index (Phi) is 7.53. The first-order valence-electron chi connectivity index (χ1n) is 12.5. The fourth-order valence-electron chi connectivity index (χ4n) is 5.04. The van der Waals surface area contributed by atoms with Crippen LogP contribution in [-0.2, 0) is 14.3 Å². The number of carbonyl (C=O) groups excluding carboxylic acids is 2. The van der Waals surface area contributed by atoms with Crippen LogP contribution in [-0.4, -0.2) is 39.6 Å². The maximum Gasteiger partial charge on any atom is 0.336 e. The van der Waals surface area contributed by atoms with Gasteiger partial charge in [0, 0.05) is 49.1 Å². The Morgan fingerprint density at radius 1 is 1.03 bits per heavy atom. The number of esters is 1. The second-order valence-electron chi connectivity index (χ2n) is 10.3. The number of hydrogen-bond acceptors (Lipinski definition) is 6. The Labute approximate surface area is 214 Å². The van der Waals surface area contributed by atoms with Gasteiger partial charge in [0.1, 0.15) is 5.75 Å². The number of methoxy groups -OCH3 is 1. The van der Waals surface area contributed by atoms with Gasteiger partial charge in [-0.2, -0.15) is 0 Å². The molecule has 2 aromatic rings. The predicted octanol–water partition coefficient (Wildman–Crippen LogP) is 5.32. The molecule has 0 bridgehead atoms. The Bertz CT molecular complexity index is 1190.